The van der Waals surface area contributed by atoms with Crippen molar-refractivity contribution < 1.29 is 19.1 Å². The van der Waals surface area contributed by atoms with Gasteiger partial charge in [-0.05, 0) is 25.1 Å². The molecule has 1 heterocycles. The third-order valence-corrected chi connectivity index (χ3v) is 3.65. The first kappa shape index (κ1) is 20.9. The number of primary amides is 1. The van der Waals surface area contributed by atoms with Gasteiger partial charge in [0.15, 0.2) is 0 Å². The normalized spacial score (nSPS) is 19.4. The largest absolute Gasteiger partial charge is 0.375 e. The molecule has 1 saturated heterocycles. The van der Waals surface area contributed by atoms with Crippen LogP contribution in [-0.4, -0.2) is 49.6 Å². The summed E-state index contributed by atoms with van der Waals surface area (Å²) in [6.07, 6.45) is -0.146. The number of benzene rings is 1. The van der Waals surface area contributed by atoms with E-state index < -0.39 is 11.9 Å². The number of halogens is 1. The Balaban J connectivity index is 0.00000312. The Morgan fingerprint density at radius 1 is 1.36 bits per heavy atom. The lowest BCUT2D eigenvalue weighted by Gasteiger charge is -2.29. The van der Waals surface area contributed by atoms with Gasteiger partial charge in [0.25, 0.3) is 5.91 Å². The number of carbonyl (C=O) groups excluding carboxylic acids is 3. The lowest BCUT2D eigenvalue weighted by Crippen LogP contribution is -2.53. The fourth-order valence-electron chi connectivity index (χ4n) is 2.39. The maximum absolute atomic E-state index is 12.3. The Hall–Kier alpha value is -2.16. The van der Waals surface area contributed by atoms with Crippen molar-refractivity contribution in [1.82, 2.24) is 10.6 Å². The van der Waals surface area contributed by atoms with Crippen LogP contribution in [0.25, 0.3) is 0 Å². The molecule has 138 valence electrons. The van der Waals surface area contributed by atoms with E-state index in [1.54, 1.807) is 24.3 Å². The second kappa shape index (κ2) is 9.97. The summed E-state index contributed by atoms with van der Waals surface area (Å²) in [7, 11) is 0. The molecule has 2 atom stereocenters. The molecule has 0 aliphatic carbocycles. The van der Waals surface area contributed by atoms with Crippen LogP contribution in [0.3, 0.4) is 0 Å². The highest BCUT2D eigenvalue weighted by Crippen LogP contribution is 2.13. The molecule has 25 heavy (non-hydrogen) atoms. The number of carbonyl (C=O) groups is 3. The molecule has 9 heteroatoms. The van der Waals surface area contributed by atoms with Gasteiger partial charge in [0, 0.05) is 30.8 Å². The Morgan fingerprint density at radius 3 is 2.80 bits per heavy atom. The molecule has 5 N–H and O–H groups in total. The van der Waals surface area contributed by atoms with Crippen LogP contribution in [0, 0.1) is 0 Å². The van der Waals surface area contributed by atoms with Crippen LogP contribution in [0.4, 0.5) is 5.69 Å². The summed E-state index contributed by atoms with van der Waals surface area (Å²) >= 11 is 0. The zero-order chi connectivity index (χ0) is 17.5. The highest BCUT2D eigenvalue weighted by molar-refractivity contribution is 5.98. The molecule has 2 rings (SSSR count). The molecule has 1 aliphatic heterocycles. The van der Waals surface area contributed by atoms with E-state index in [2.05, 4.69) is 16.0 Å². The minimum Gasteiger partial charge on any atom is -0.375 e. The molecule has 0 unspecified atom stereocenters. The molecule has 3 amide bonds. The summed E-state index contributed by atoms with van der Waals surface area (Å²) < 4.78 is 5.45. The first-order valence-corrected chi connectivity index (χ1v) is 7.80. The van der Waals surface area contributed by atoms with Crippen molar-refractivity contribution in [2.24, 2.45) is 5.73 Å². The van der Waals surface area contributed by atoms with Gasteiger partial charge in [0.2, 0.25) is 11.8 Å². The Labute approximate surface area is 152 Å². The van der Waals surface area contributed by atoms with Crippen molar-refractivity contribution in [3.05, 3.63) is 29.8 Å². The predicted octanol–water partition coefficient (Wildman–Crippen LogP) is 0.0290. The number of ether oxygens (including phenoxy) is 1. The quantitative estimate of drug-likeness (QED) is 0.562. The molecule has 0 radical (unpaired) electrons. The van der Waals surface area contributed by atoms with Crippen LogP contribution in [-0.2, 0) is 14.3 Å². The molecule has 0 bridgehead atoms. The van der Waals surface area contributed by atoms with Crippen LogP contribution >= 0.6 is 12.4 Å². The zero-order valence-electron chi connectivity index (χ0n) is 13.9. The van der Waals surface area contributed by atoms with Gasteiger partial charge in [-0.25, -0.2) is 0 Å². The summed E-state index contributed by atoms with van der Waals surface area (Å²) in [6, 6.07) is 6.14. The number of hydrogen-bond donors (Lipinski definition) is 4. The van der Waals surface area contributed by atoms with Gasteiger partial charge in [0.05, 0.1) is 12.7 Å². The van der Waals surface area contributed by atoms with E-state index in [0.29, 0.717) is 24.4 Å². The van der Waals surface area contributed by atoms with E-state index in [4.69, 9.17) is 10.5 Å². The van der Waals surface area contributed by atoms with E-state index in [0.717, 1.165) is 0 Å². The fraction of sp³-hybridized carbons (Fsp3) is 0.438. The van der Waals surface area contributed by atoms with E-state index >= 15 is 0 Å². The third kappa shape index (κ3) is 6.33. The highest BCUT2D eigenvalue weighted by atomic mass is 35.5. The summed E-state index contributed by atoms with van der Waals surface area (Å²) in [5.41, 5.74) is 5.93. The van der Waals surface area contributed by atoms with Crippen molar-refractivity contribution in [1.29, 1.82) is 0 Å². The Bertz CT molecular complexity index is 626. The van der Waals surface area contributed by atoms with Gasteiger partial charge >= 0.3 is 0 Å². The van der Waals surface area contributed by atoms with E-state index in [9.17, 15) is 14.4 Å². The molecular formula is C16H23ClN4O4. The lowest BCUT2D eigenvalue weighted by molar-refractivity contribution is -0.123. The zero-order valence-corrected chi connectivity index (χ0v) is 14.7. The van der Waals surface area contributed by atoms with Crippen molar-refractivity contribution in [2.75, 3.05) is 25.0 Å². The minimum absolute atomic E-state index is 0. The summed E-state index contributed by atoms with van der Waals surface area (Å²) in [5.74, 6) is -1.03. The number of rotatable bonds is 6. The smallest absolute Gasteiger partial charge is 0.251 e. The van der Waals surface area contributed by atoms with Gasteiger partial charge in [-0.1, -0.05) is 6.07 Å². The minimum atomic E-state index is -0.479. The van der Waals surface area contributed by atoms with Gasteiger partial charge in [-0.15, -0.1) is 12.4 Å². The molecule has 1 aromatic carbocycles. The first-order valence-electron chi connectivity index (χ1n) is 7.80. The maximum atomic E-state index is 12.3. The fourth-order valence-corrected chi connectivity index (χ4v) is 2.39. The average Bonchev–Trinajstić information content (AvgIpc) is 2.55. The molecule has 0 spiro atoms. The van der Waals surface area contributed by atoms with Crippen molar-refractivity contribution >= 4 is 35.8 Å². The van der Waals surface area contributed by atoms with Crippen LogP contribution in [0.5, 0.6) is 0 Å². The Morgan fingerprint density at radius 2 is 2.12 bits per heavy atom. The number of anilines is 1. The van der Waals surface area contributed by atoms with Gasteiger partial charge < -0.3 is 26.4 Å². The number of amides is 3. The third-order valence-electron chi connectivity index (χ3n) is 3.65. The lowest BCUT2D eigenvalue weighted by atomic mass is 10.1. The number of hydrogen-bond acceptors (Lipinski definition) is 5. The van der Waals surface area contributed by atoms with Crippen LogP contribution in [0.15, 0.2) is 24.3 Å². The molecule has 1 aliphatic rings. The molecule has 0 saturated carbocycles. The topological polar surface area (TPSA) is 123 Å². The van der Waals surface area contributed by atoms with Crippen LogP contribution in [0.1, 0.15) is 23.7 Å². The summed E-state index contributed by atoms with van der Waals surface area (Å²) in [5, 5.41) is 8.48. The van der Waals surface area contributed by atoms with Gasteiger partial charge in [-0.3, -0.25) is 14.4 Å². The second-order valence-corrected chi connectivity index (χ2v) is 5.55. The highest BCUT2D eigenvalue weighted by Gasteiger charge is 2.28. The van der Waals surface area contributed by atoms with Crippen molar-refractivity contribution in [2.45, 2.75) is 25.5 Å². The van der Waals surface area contributed by atoms with Crippen molar-refractivity contribution in [3.8, 4) is 0 Å². The SMILES string of the molecule is C[C@H]1OCCN[C@@H]1C(=O)Nc1cccc(C(=O)NCCC(N)=O)c1.Cl. The molecule has 1 aromatic rings. The molecular weight excluding hydrogens is 348 g/mol. The summed E-state index contributed by atoms with van der Waals surface area (Å²) in [4.78, 5) is 35.0. The predicted molar refractivity (Wildman–Crippen MR) is 95.7 cm³/mol. The molecule has 8 nitrogen and oxygen atoms in total. The number of nitrogens with two attached hydrogens (primary N) is 1. The number of nitrogens with one attached hydrogen (secondary N) is 3. The maximum Gasteiger partial charge on any atom is 0.251 e. The van der Waals surface area contributed by atoms with E-state index in [-0.39, 0.29) is 43.3 Å². The van der Waals surface area contributed by atoms with Crippen LogP contribution < -0.4 is 21.7 Å². The Kier molecular flexibility index (Phi) is 8.33. The number of morpholine rings is 1. The second-order valence-electron chi connectivity index (χ2n) is 5.55. The van der Waals surface area contributed by atoms with Crippen molar-refractivity contribution in [3.63, 3.8) is 0 Å². The van der Waals surface area contributed by atoms with Gasteiger partial charge in [0.1, 0.15) is 6.04 Å². The summed E-state index contributed by atoms with van der Waals surface area (Å²) in [6.45, 7) is 3.20. The molecule has 1 fully saturated rings. The van der Waals surface area contributed by atoms with E-state index in [1.165, 1.54) is 0 Å². The van der Waals surface area contributed by atoms with Gasteiger partial charge in [-0.2, -0.15) is 0 Å². The average molecular weight is 371 g/mol. The standard InChI is InChI=1S/C16H22N4O4.ClH/c1-10-14(18-7-8-24-10)16(23)20-12-4-2-3-11(9-12)15(22)19-6-5-13(17)21;/h2-4,9-10,14,18H,5-8H2,1H3,(H2,17,21)(H,19,22)(H,20,23);1H/t10-,14+;/m1./s1. The van der Waals surface area contributed by atoms with Crippen LogP contribution in [0.2, 0.25) is 0 Å². The first-order chi connectivity index (χ1) is 11.5. The monoisotopic (exact) mass is 370 g/mol. The van der Waals surface area contributed by atoms with E-state index in [1.807, 2.05) is 6.92 Å². The molecule has 0 aromatic heterocycles.